The highest BCUT2D eigenvalue weighted by molar-refractivity contribution is 5.82. The lowest BCUT2D eigenvalue weighted by atomic mass is 10.0. The van der Waals surface area contributed by atoms with E-state index < -0.39 is 6.04 Å². The van der Waals surface area contributed by atoms with Crippen molar-refractivity contribution in [3.63, 3.8) is 0 Å². The monoisotopic (exact) mass is 454 g/mol. The van der Waals surface area contributed by atoms with Crippen LogP contribution in [0.3, 0.4) is 0 Å². The Morgan fingerprint density at radius 2 is 2.12 bits per heavy atom. The van der Waals surface area contributed by atoms with Gasteiger partial charge in [0.25, 0.3) is 5.56 Å². The van der Waals surface area contributed by atoms with Crippen molar-refractivity contribution in [1.82, 2.24) is 24.8 Å². The van der Waals surface area contributed by atoms with Crippen molar-refractivity contribution in [1.29, 1.82) is 0 Å². The third-order valence-electron chi connectivity index (χ3n) is 6.97. The van der Waals surface area contributed by atoms with E-state index in [4.69, 9.17) is 0 Å². The first-order valence-corrected chi connectivity index (χ1v) is 11.7. The largest absolute Gasteiger partial charge is 0.357 e. The molecule has 1 saturated carbocycles. The van der Waals surface area contributed by atoms with Crippen LogP contribution in [0.25, 0.3) is 10.9 Å². The molecular weight excluding hydrogens is 428 g/mol. The van der Waals surface area contributed by atoms with E-state index in [0.717, 1.165) is 35.1 Å². The number of fused-ring (bicyclic) bond motifs is 2. The smallest absolute Gasteiger partial charge is 0.294 e. The van der Waals surface area contributed by atoms with Gasteiger partial charge in [-0.05, 0) is 50.3 Å². The number of nitrogens with zero attached hydrogens (tertiary/aromatic N) is 3. The molecule has 1 amide bonds. The SMILES string of the molecule is Cc1cccc(C2(Nc3ncc4n(c3=O)[C@H](C(=O)NCc3cc5cnccc5[nH]3)CC4)CC2)c1. The molecule has 1 aromatic carbocycles. The van der Waals surface area contributed by atoms with Gasteiger partial charge in [-0.1, -0.05) is 29.8 Å². The molecule has 3 N–H and O–H groups in total. The van der Waals surface area contributed by atoms with Crippen LogP contribution in [0.5, 0.6) is 0 Å². The first kappa shape index (κ1) is 20.7. The van der Waals surface area contributed by atoms with Crippen LogP contribution in [-0.2, 0) is 23.3 Å². The third kappa shape index (κ3) is 3.55. The van der Waals surface area contributed by atoms with Crippen LogP contribution in [-0.4, -0.2) is 25.4 Å². The van der Waals surface area contributed by atoms with E-state index in [1.54, 1.807) is 23.2 Å². The number of carbonyl (C=O) groups is 1. The van der Waals surface area contributed by atoms with E-state index in [0.29, 0.717) is 25.2 Å². The molecule has 6 rings (SSSR count). The lowest BCUT2D eigenvalue weighted by Crippen LogP contribution is -2.37. The van der Waals surface area contributed by atoms with Gasteiger partial charge in [-0.15, -0.1) is 0 Å². The molecule has 0 bridgehead atoms. The predicted octanol–water partition coefficient (Wildman–Crippen LogP) is 3.33. The number of aryl methyl sites for hydroxylation is 2. The summed E-state index contributed by atoms with van der Waals surface area (Å²) >= 11 is 0. The number of nitrogens with one attached hydrogen (secondary N) is 3. The fraction of sp³-hybridized carbons (Fsp3) is 0.308. The van der Waals surface area contributed by atoms with Gasteiger partial charge in [-0.25, -0.2) is 4.98 Å². The molecule has 2 aliphatic rings. The summed E-state index contributed by atoms with van der Waals surface area (Å²) in [5.74, 6) is 0.153. The number of hydrogen-bond acceptors (Lipinski definition) is 5. The molecule has 1 atom stereocenters. The van der Waals surface area contributed by atoms with E-state index in [9.17, 15) is 9.59 Å². The average Bonchev–Trinajstić information content (AvgIpc) is 3.30. The van der Waals surface area contributed by atoms with Gasteiger partial charge in [0.1, 0.15) is 6.04 Å². The van der Waals surface area contributed by atoms with Crippen molar-refractivity contribution in [2.45, 2.75) is 50.7 Å². The first-order chi connectivity index (χ1) is 16.5. The van der Waals surface area contributed by atoms with Gasteiger partial charge in [-0.3, -0.25) is 19.1 Å². The zero-order valence-electron chi connectivity index (χ0n) is 19.0. The Kier molecular flexibility index (Phi) is 4.76. The van der Waals surface area contributed by atoms with Crippen molar-refractivity contribution in [3.05, 3.63) is 87.9 Å². The molecule has 0 spiro atoms. The summed E-state index contributed by atoms with van der Waals surface area (Å²) in [5.41, 5.74) is 4.54. The Balaban J connectivity index is 1.22. The summed E-state index contributed by atoms with van der Waals surface area (Å²) in [6.45, 7) is 2.43. The van der Waals surface area contributed by atoms with E-state index in [2.05, 4.69) is 50.7 Å². The van der Waals surface area contributed by atoms with E-state index in [1.165, 1.54) is 11.1 Å². The number of rotatable bonds is 6. The van der Waals surface area contributed by atoms with E-state index >= 15 is 0 Å². The molecule has 1 aliphatic carbocycles. The number of H-pyrrole nitrogens is 1. The Morgan fingerprint density at radius 3 is 2.91 bits per heavy atom. The van der Waals surface area contributed by atoms with Gasteiger partial charge < -0.3 is 15.6 Å². The number of amides is 1. The minimum atomic E-state index is -0.536. The zero-order chi connectivity index (χ0) is 23.3. The van der Waals surface area contributed by atoms with Crippen LogP contribution in [0.4, 0.5) is 5.82 Å². The second kappa shape index (κ2) is 7.83. The molecule has 8 heteroatoms. The highest BCUT2D eigenvalue weighted by atomic mass is 16.2. The Morgan fingerprint density at radius 1 is 1.24 bits per heavy atom. The van der Waals surface area contributed by atoms with Gasteiger partial charge in [-0.2, -0.15) is 0 Å². The Labute approximate surface area is 196 Å². The van der Waals surface area contributed by atoms with Gasteiger partial charge in [0.05, 0.1) is 12.1 Å². The number of anilines is 1. The summed E-state index contributed by atoms with van der Waals surface area (Å²) in [6, 6.07) is 11.7. The van der Waals surface area contributed by atoms with Gasteiger partial charge in [0.15, 0.2) is 5.82 Å². The molecule has 0 unspecified atom stereocenters. The van der Waals surface area contributed by atoms with Crippen LogP contribution in [0, 0.1) is 6.92 Å². The maximum atomic E-state index is 13.4. The van der Waals surface area contributed by atoms with Crippen molar-refractivity contribution < 1.29 is 4.79 Å². The minimum absolute atomic E-state index is 0.158. The lowest BCUT2D eigenvalue weighted by Gasteiger charge is -2.20. The molecule has 1 aliphatic heterocycles. The normalized spacial score (nSPS) is 18.0. The molecule has 4 heterocycles. The summed E-state index contributed by atoms with van der Waals surface area (Å²) < 4.78 is 1.62. The predicted molar refractivity (Wildman–Crippen MR) is 130 cm³/mol. The quantitative estimate of drug-likeness (QED) is 0.415. The number of aromatic amines is 1. The number of carbonyl (C=O) groups excluding carboxylic acids is 1. The number of pyridine rings is 1. The van der Waals surface area contributed by atoms with Gasteiger partial charge >= 0.3 is 0 Å². The number of benzene rings is 1. The first-order valence-electron chi connectivity index (χ1n) is 11.7. The molecule has 4 aromatic rings. The highest BCUT2D eigenvalue weighted by Gasteiger charge is 2.45. The Bertz CT molecular complexity index is 1430. The van der Waals surface area contributed by atoms with Crippen molar-refractivity contribution >= 4 is 22.6 Å². The molecule has 172 valence electrons. The van der Waals surface area contributed by atoms with Crippen molar-refractivity contribution in [3.8, 4) is 0 Å². The molecule has 0 radical (unpaired) electrons. The minimum Gasteiger partial charge on any atom is -0.357 e. The fourth-order valence-corrected chi connectivity index (χ4v) is 4.98. The van der Waals surface area contributed by atoms with Crippen LogP contribution in [0.1, 0.15) is 47.8 Å². The highest BCUT2D eigenvalue weighted by Crippen LogP contribution is 2.47. The second-order valence-electron chi connectivity index (χ2n) is 9.38. The third-order valence-corrected chi connectivity index (χ3v) is 6.97. The molecule has 0 saturated heterocycles. The summed E-state index contributed by atoms with van der Waals surface area (Å²) in [6.07, 6.45) is 8.39. The average molecular weight is 455 g/mol. The fourth-order valence-electron chi connectivity index (χ4n) is 4.98. The van der Waals surface area contributed by atoms with Crippen LogP contribution < -0.4 is 16.2 Å². The Hall–Kier alpha value is -3.94. The summed E-state index contributed by atoms with van der Waals surface area (Å²) in [5, 5.41) is 7.41. The second-order valence-corrected chi connectivity index (χ2v) is 9.38. The summed E-state index contributed by atoms with van der Waals surface area (Å²) in [4.78, 5) is 38.4. The van der Waals surface area contributed by atoms with E-state index in [-0.39, 0.29) is 17.0 Å². The zero-order valence-corrected chi connectivity index (χ0v) is 19.0. The van der Waals surface area contributed by atoms with E-state index in [1.807, 2.05) is 18.2 Å². The topological polar surface area (TPSA) is 105 Å². The maximum absolute atomic E-state index is 13.4. The van der Waals surface area contributed by atoms with Crippen LogP contribution in [0.15, 0.2) is 59.8 Å². The molecule has 3 aromatic heterocycles. The van der Waals surface area contributed by atoms with Gasteiger partial charge in [0, 0.05) is 40.9 Å². The molecule has 34 heavy (non-hydrogen) atoms. The van der Waals surface area contributed by atoms with Crippen LogP contribution in [0.2, 0.25) is 0 Å². The standard InChI is InChI=1S/C26H26N6O2/c1-16-3-2-4-18(11-16)26(8-9-26)31-23-25(34)32-20(15-28-23)5-6-22(32)24(33)29-14-19-12-17-13-27-10-7-21(17)30-19/h2-4,7,10-13,15,22,30H,5-6,8-9,14H2,1H3,(H,28,31)(H,29,33)/t22-/m0/s1. The summed E-state index contributed by atoms with van der Waals surface area (Å²) in [7, 11) is 0. The number of hydrogen-bond donors (Lipinski definition) is 3. The molecular formula is C26H26N6O2. The number of aromatic nitrogens is 4. The lowest BCUT2D eigenvalue weighted by molar-refractivity contribution is -0.124. The van der Waals surface area contributed by atoms with Crippen molar-refractivity contribution in [2.24, 2.45) is 0 Å². The molecule has 8 nitrogen and oxygen atoms in total. The van der Waals surface area contributed by atoms with Crippen molar-refractivity contribution in [2.75, 3.05) is 5.32 Å². The molecule has 1 fully saturated rings. The van der Waals surface area contributed by atoms with Gasteiger partial charge in [0.2, 0.25) is 5.91 Å². The maximum Gasteiger partial charge on any atom is 0.294 e. The van der Waals surface area contributed by atoms with Crippen LogP contribution >= 0.6 is 0 Å².